The summed E-state index contributed by atoms with van der Waals surface area (Å²) in [6.07, 6.45) is 3.89. The van der Waals surface area contributed by atoms with Crippen molar-refractivity contribution in [3.63, 3.8) is 0 Å². The van der Waals surface area contributed by atoms with E-state index in [1.54, 1.807) is 18.2 Å². The average Bonchev–Trinajstić information content (AvgIpc) is 2.62. The summed E-state index contributed by atoms with van der Waals surface area (Å²) in [7, 11) is -0.178. The van der Waals surface area contributed by atoms with E-state index in [-0.39, 0.29) is 11.3 Å². The van der Waals surface area contributed by atoms with Gasteiger partial charge in [-0.3, -0.25) is 4.79 Å². The molecule has 0 aliphatic heterocycles. The van der Waals surface area contributed by atoms with Gasteiger partial charge in [-0.25, -0.2) is 8.42 Å². The molecule has 0 amide bonds. The third kappa shape index (κ3) is 5.20. The Morgan fingerprint density at radius 3 is 2.37 bits per heavy atom. The highest BCUT2D eigenvalue weighted by Gasteiger charge is 2.26. The van der Waals surface area contributed by atoms with Crippen molar-refractivity contribution in [1.29, 1.82) is 0 Å². The predicted molar refractivity (Wildman–Crippen MR) is 109 cm³/mol. The van der Waals surface area contributed by atoms with Crippen LogP contribution in [0.3, 0.4) is 0 Å². The van der Waals surface area contributed by atoms with Gasteiger partial charge in [0.05, 0.1) is 4.90 Å². The van der Waals surface area contributed by atoms with E-state index in [1.165, 1.54) is 6.07 Å². The maximum absolute atomic E-state index is 12.9. The first-order valence-electron chi connectivity index (χ1n) is 9.22. The zero-order valence-electron chi connectivity index (χ0n) is 16.1. The van der Waals surface area contributed by atoms with Gasteiger partial charge in [-0.15, -0.1) is 0 Å². The highest BCUT2D eigenvalue weighted by Crippen LogP contribution is 2.30. The van der Waals surface area contributed by atoms with Gasteiger partial charge >= 0.3 is 5.97 Å². The van der Waals surface area contributed by atoms with Crippen molar-refractivity contribution in [3.8, 4) is 0 Å². The topological polar surface area (TPSA) is 86.7 Å². The zero-order valence-corrected chi connectivity index (χ0v) is 16.9. The first-order valence-corrected chi connectivity index (χ1v) is 10.7. The fraction of sp³-hybridized carbons (Fsp3) is 0.450. The minimum atomic E-state index is -3.97. The third-order valence-electron chi connectivity index (χ3n) is 4.57. The van der Waals surface area contributed by atoms with Crippen LogP contribution < -0.4 is 9.62 Å². The summed E-state index contributed by atoms with van der Waals surface area (Å²) < 4.78 is 28.3. The molecule has 0 radical (unpaired) electrons. The van der Waals surface area contributed by atoms with Gasteiger partial charge < -0.3 is 10.0 Å². The van der Waals surface area contributed by atoms with Gasteiger partial charge in [0.15, 0.2) is 0 Å². The molecule has 2 N–H and O–H groups in total. The second kappa shape index (κ2) is 9.19. The van der Waals surface area contributed by atoms with Crippen molar-refractivity contribution in [2.75, 3.05) is 19.0 Å². The molecule has 1 unspecified atom stereocenters. The lowest BCUT2D eigenvalue weighted by Crippen LogP contribution is -2.40. The van der Waals surface area contributed by atoms with Gasteiger partial charge in [-0.2, -0.15) is 4.72 Å². The first kappa shape index (κ1) is 21.2. The van der Waals surface area contributed by atoms with Gasteiger partial charge in [-0.05, 0) is 18.6 Å². The molecule has 148 valence electrons. The minimum absolute atomic E-state index is 0.100. The average molecular weight is 393 g/mol. The molecule has 1 atom stereocenters. The highest BCUT2D eigenvalue weighted by atomic mass is 32.2. The van der Waals surface area contributed by atoms with Gasteiger partial charge in [0.1, 0.15) is 6.04 Å². The molecule has 7 heteroatoms. The van der Waals surface area contributed by atoms with Crippen molar-refractivity contribution in [2.24, 2.45) is 0 Å². The second-order valence-electron chi connectivity index (χ2n) is 6.88. The smallest absolute Gasteiger partial charge is 0.321 e. The first-order chi connectivity index (χ1) is 12.8. The molecule has 27 heavy (non-hydrogen) atoms. The van der Waals surface area contributed by atoms with Crippen LogP contribution in [-0.2, 0) is 14.8 Å². The monoisotopic (exact) mass is 392 g/mol. The Balaban J connectivity index is 2.35. The number of nitrogens with zero attached hydrogens (tertiary/aromatic N) is 1. The van der Waals surface area contributed by atoms with E-state index in [4.69, 9.17) is 0 Å². The van der Waals surface area contributed by atoms with Crippen molar-refractivity contribution < 1.29 is 18.3 Å². The maximum Gasteiger partial charge on any atom is 0.321 e. The predicted octanol–water partition coefficient (Wildman–Crippen LogP) is 3.61. The molecule has 0 aromatic heterocycles. The number of carbonyl (C=O) groups is 1. The summed E-state index contributed by atoms with van der Waals surface area (Å²) in [6, 6.07) is 9.40. The number of fused-ring (bicyclic) bond motifs is 1. The Hall–Kier alpha value is -2.12. The normalized spacial score (nSPS) is 12.9. The van der Waals surface area contributed by atoms with Crippen LogP contribution in [0.15, 0.2) is 41.3 Å². The van der Waals surface area contributed by atoms with Gasteiger partial charge in [0.2, 0.25) is 10.0 Å². The van der Waals surface area contributed by atoms with Crippen molar-refractivity contribution >= 4 is 32.5 Å². The van der Waals surface area contributed by atoms with E-state index in [0.717, 1.165) is 30.3 Å². The summed E-state index contributed by atoms with van der Waals surface area (Å²) in [5.41, 5.74) is 0.902. The van der Waals surface area contributed by atoms with Crippen LogP contribution in [0.5, 0.6) is 0 Å². The summed E-state index contributed by atoms with van der Waals surface area (Å²) >= 11 is 0. The molecule has 6 nitrogen and oxygen atoms in total. The molecule has 2 rings (SSSR count). The largest absolute Gasteiger partial charge is 0.480 e. The number of hydrogen-bond donors (Lipinski definition) is 2. The van der Waals surface area contributed by atoms with E-state index >= 15 is 0 Å². The molecular weight excluding hydrogens is 364 g/mol. The molecule has 0 aliphatic carbocycles. The van der Waals surface area contributed by atoms with Crippen LogP contribution in [-0.4, -0.2) is 39.6 Å². The highest BCUT2D eigenvalue weighted by molar-refractivity contribution is 7.89. The fourth-order valence-corrected chi connectivity index (χ4v) is 4.59. The summed E-state index contributed by atoms with van der Waals surface area (Å²) in [4.78, 5) is 13.6. The van der Waals surface area contributed by atoms with Crippen LogP contribution in [0.4, 0.5) is 5.69 Å². The van der Waals surface area contributed by atoms with E-state index in [2.05, 4.69) is 11.6 Å². The molecular formula is C20H28N2O4S. The number of hydrogen-bond acceptors (Lipinski definition) is 4. The number of carboxylic acid groups (broad SMARTS) is 1. The molecule has 2 aromatic rings. The van der Waals surface area contributed by atoms with Gasteiger partial charge in [-0.1, -0.05) is 56.9 Å². The van der Waals surface area contributed by atoms with E-state index < -0.39 is 22.0 Å². The number of nitrogens with one attached hydrogen (secondary N) is 1. The van der Waals surface area contributed by atoms with Crippen LogP contribution in [0.25, 0.3) is 10.8 Å². The van der Waals surface area contributed by atoms with Gasteiger partial charge in [0.25, 0.3) is 0 Å². The summed E-state index contributed by atoms with van der Waals surface area (Å²) in [6.45, 7) is 2.07. The van der Waals surface area contributed by atoms with E-state index in [9.17, 15) is 18.3 Å². The molecule has 2 aromatic carbocycles. The number of rotatable bonds is 10. The summed E-state index contributed by atoms with van der Waals surface area (Å²) in [5, 5.41) is 10.8. The Labute approximate surface area is 161 Å². The molecule has 0 heterocycles. The number of sulfonamides is 1. The Bertz CT molecular complexity index is 894. The van der Waals surface area contributed by atoms with Gasteiger partial charge in [0, 0.05) is 30.6 Å². The molecule has 0 saturated heterocycles. The maximum atomic E-state index is 12.9. The number of carboxylic acids is 1. The van der Waals surface area contributed by atoms with Crippen LogP contribution in [0, 0.1) is 0 Å². The molecule has 0 fully saturated rings. The minimum Gasteiger partial charge on any atom is -0.480 e. The van der Waals surface area contributed by atoms with Crippen LogP contribution in [0.2, 0.25) is 0 Å². The Kier molecular flexibility index (Phi) is 7.21. The Morgan fingerprint density at radius 1 is 1.07 bits per heavy atom. The number of unbranched alkanes of at least 4 members (excludes halogenated alkanes) is 3. The SMILES string of the molecule is CCCCCCC(NS(=O)(=O)c1cccc2c(N(C)C)cccc12)C(=O)O. The third-order valence-corrected chi connectivity index (χ3v) is 6.10. The number of anilines is 1. The summed E-state index contributed by atoms with van der Waals surface area (Å²) in [5.74, 6) is -1.15. The lowest BCUT2D eigenvalue weighted by molar-refractivity contribution is -0.139. The lowest BCUT2D eigenvalue weighted by atomic mass is 10.1. The molecule has 0 bridgehead atoms. The number of aliphatic carboxylic acids is 1. The van der Waals surface area contributed by atoms with E-state index in [0.29, 0.717) is 11.8 Å². The Morgan fingerprint density at radius 2 is 1.74 bits per heavy atom. The van der Waals surface area contributed by atoms with Crippen molar-refractivity contribution in [3.05, 3.63) is 36.4 Å². The van der Waals surface area contributed by atoms with Crippen molar-refractivity contribution in [2.45, 2.75) is 50.0 Å². The lowest BCUT2D eigenvalue weighted by Gasteiger charge is -2.18. The molecule has 0 aliphatic rings. The second-order valence-corrected chi connectivity index (χ2v) is 8.57. The molecule has 0 saturated carbocycles. The van der Waals surface area contributed by atoms with Crippen LogP contribution >= 0.6 is 0 Å². The van der Waals surface area contributed by atoms with E-state index in [1.807, 2.05) is 31.1 Å². The zero-order chi connectivity index (χ0) is 20.0. The van der Waals surface area contributed by atoms with Crippen molar-refractivity contribution in [1.82, 2.24) is 4.72 Å². The quantitative estimate of drug-likeness (QED) is 0.603. The fourth-order valence-electron chi connectivity index (χ4n) is 3.15. The van der Waals surface area contributed by atoms with Crippen LogP contribution in [0.1, 0.15) is 39.0 Å². The standard InChI is InChI=1S/C20H28N2O4S/c1-4-5-6-7-12-17(20(23)24)21-27(25,26)19-14-9-10-15-16(19)11-8-13-18(15)22(2)3/h8-11,13-14,17,21H,4-7,12H2,1-3H3,(H,23,24). The molecule has 0 spiro atoms. The number of benzene rings is 2.